The molecule has 2 heterocycles. The van der Waals surface area contributed by atoms with Crippen molar-refractivity contribution in [3.63, 3.8) is 0 Å². The van der Waals surface area contributed by atoms with Gasteiger partial charge in [0.2, 0.25) is 0 Å². The maximum Gasteiger partial charge on any atom is 0.413 e. The first kappa shape index (κ1) is 24.4. The number of anilines is 1. The van der Waals surface area contributed by atoms with Crippen LogP contribution in [0.2, 0.25) is 0 Å². The van der Waals surface area contributed by atoms with Crippen molar-refractivity contribution in [1.82, 2.24) is 9.38 Å². The highest BCUT2D eigenvalue weighted by Gasteiger charge is 2.51. The second-order valence-electron chi connectivity index (χ2n) is 9.86. The van der Waals surface area contributed by atoms with E-state index >= 15 is 0 Å². The highest BCUT2D eigenvalue weighted by molar-refractivity contribution is 5.91. The molecule has 5 aromatic rings. The molecular weight excluding hydrogens is 490 g/mol. The van der Waals surface area contributed by atoms with E-state index in [0.717, 1.165) is 27.8 Å². The summed E-state index contributed by atoms with van der Waals surface area (Å²) in [4.78, 5) is 29.3. The number of fused-ring (bicyclic) bond motifs is 1. The highest BCUT2D eigenvalue weighted by atomic mass is 16.6. The first-order valence-corrected chi connectivity index (χ1v) is 12.9. The van der Waals surface area contributed by atoms with Crippen molar-refractivity contribution in [1.29, 1.82) is 0 Å². The van der Waals surface area contributed by atoms with Crippen molar-refractivity contribution in [2.75, 3.05) is 5.32 Å². The molecular formula is C32H27N3O4. The Balaban J connectivity index is 1.25. The van der Waals surface area contributed by atoms with Gasteiger partial charge >= 0.3 is 12.1 Å². The van der Waals surface area contributed by atoms with Gasteiger partial charge in [-0.25, -0.2) is 9.78 Å². The third kappa shape index (κ3) is 4.63. The molecule has 0 unspecified atom stereocenters. The first-order chi connectivity index (χ1) is 18.9. The Hall–Kier alpha value is -4.91. The van der Waals surface area contributed by atoms with Gasteiger partial charge in [0.15, 0.2) is 0 Å². The lowest BCUT2D eigenvalue weighted by Crippen LogP contribution is -2.19. The molecule has 7 nitrogen and oxygen atoms in total. The molecule has 1 aliphatic rings. The summed E-state index contributed by atoms with van der Waals surface area (Å²) >= 11 is 0. The predicted octanol–water partition coefficient (Wildman–Crippen LogP) is 7.09. The zero-order chi connectivity index (χ0) is 27.0. The van der Waals surface area contributed by atoms with Crippen molar-refractivity contribution in [3.05, 3.63) is 114 Å². The number of nitrogens with zero attached hydrogens (tertiary/aromatic N) is 2. The molecule has 1 amide bonds. The normalized spacial score (nSPS) is 14.5. The molecule has 1 saturated carbocycles. The number of aromatic nitrogens is 2. The van der Waals surface area contributed by atoms with E-state index in [1.165, 1.54) is 0 Å². The molecule has 0 saturated heterocycles. The Bertz CT molecular complexity index is 1650. The lowest BCUT2D eigenvalue weighted by Gasteiger charge is -2.15. The largest absolute Gasteiger partial charge is 0.481 e. The van der Waals surface area contributed by atoms with Gasteiger partial charge in [-0.15, -0.1) is 0 Å². The molecule has 3 aromatic carbocycles. The van der Waals surface area contributed by atoms with Crippen LogP contribution >= 0.6 is 0 Å². The van der Waals surface area contributed by atoms with Crippen LogP contribution in [-0.4, -0.2) is 26.6 Å². The van der Waals surface area contributed by atoms with Crippen LogP contribution in [-0.2, 0) is 14.9 Å². The topological polar surface area (TPSA) is 92.9 Å². The van der Waals surface area contributed by atoms with E-state index in [1.54, 1.807) is 0 Å². The lowest BCUT2D eigenvalue weighted by atomic mass is 9.93. The summed E-state index contributed by atoms with van der Waals surface area (Å²) in [5.41, 5.74) is 5.21. The van der Waals surface area contributed by atoms with E-state index in [2.05, 4.69) is 5.32 Å². The summed E-state index contributed by atoms with van der Waals surface area (Å²) in [5, 5.41) is 12.5. The number of benzene rings is 3. The monoisotopic (exact) mass is 517 g/mol. The van der Waals surface area contributed by atoms with E-state index < -0.39 is 23.6 Å². The van der Waals surface area contributed by atoms with Gasteiger partial charge in [-0.05, 0) is 54.2 Å². The van der Waals surface area contributed by atoms with Crippen molar-refractivity contribution in [2.45, 2.75) is 31.3 Å². The van der Waals surface area contributed by atoms with Crippen LogP contribution in [0.15, 0.2) is 103 Å². The predicted molar refractivity (Wildman–Crippen MR) is 150 cm³/mol. The van der Waals surface area contributed by atoms with Crippen LogP contribution in [0.5, 0.6) is 0 Å². The lowest BCUT2D eigenvalue weighted by molar-refractivity contribution is -0.140. The van der Waals surface area contributed by atoms with Crippen molar-refractivity contribution in [2.24, 2.45) is 0 Å². The maximum atomic E-state index is 12.9. The molecule has 194 valence electrons. The Morgan fingerprint density at radius 3 is 2.13 bits per heavy atom. The molecule has 39 heavy (non-hydrogen) atoms. The van der Waals surface area contributed by atoms with Gasteiger partial charge < -0.3 is 9.84 Å². The molecule has 2 aromatic heterocycles. The molecule has 0 spiro atoms. The van der Waals surface area contributed by atoms with Crippen molar-refractivity contribution < 1.29 is 19.4 Å². The minimum Gasteiger partial charge on any atom is -0.481 e. The number of carboxylic acid groups (broad SMARTS) is 1. The smallest absolute Gasteiger partial charge is 0.413 e. The molecule has 1 aliphatic carbocycles. The number of hydrogen-bond donors (Lipinski definition) is 2. The molecule has 6 rings (SSSR count). The number of ether oxygens (including phenoxy) is 1. The molecule has 0 aliphatic heterocycles. The minimum atomic E-state index is -0.755. The third-order valence-electron chi connectivity index (χ3n) is 7.39. The first-order valence-electron chi connectivity index (χ1n) is 12.9. The highest BCUT2D eigenvalue weighted by Crippen LogP contribution is 2.48. The van der Waals surface area contributed by atoms with E-state index in [0.29, 0.717) is 30.0 Å². The zero-order valence-corrected chi connectivity index (χ0v) is 21.4. The minimum absolute atomic E-state index is 0.412. The van der Waals surface area contributed by atoms with E-state index in [4.69, 9.17) is 9.72 Å². The van der Waals surface area contributed by atoms with E-state index in [-0.39, 0.29) is 0 Å². The van der Waals surface area contributed by atoms with Crippen LogP contribution in [0.4, 0.5) is 10.6 Å². The van der Waals surface area contributed by atoms with Gasteiger partial charge in [-0.2, -0.15) is 0 Å². The van der Waals surface area contributed by atoms with Gasteiger partial charge in [0, 0.05) is 11.8 Å². The Morgan fingerprint density at radius 1 is 0.872 bits per heavy atom. The maximum absolute atomic E-state index is 12.9. The van der Waals surface area contributed by atoms with Gasteiger partial charge in [-0.1, -0.05) is 84.9 Å². The summed E-state index contributed by atoms with van der Waals surface area (Å²) in [6.45, 7) is 1.84. The summed E-state index contributed by atoms with van der Waals surface area (Å²) in [7, 11) is 0. The third-order valence-corrected chi connectivity index (χ3v) is 7.39. The fraction of sp³-hybridized carbons (Fsp3) is 0.156. The van der Waals surface area contributed by atoms with Crippen molar-refractivity contribution >= 4 is 23.5 Å². The molecule has 2 N–H and O–H groups in total. The summed E-state index contributed by atoms with van der Waals surface area (Å²) in [5.74, 6) is -0.230. The molecule has 0 bridgehead atoms. The van der Waals surface area contributed by atoms with Gasteiger partial charge in [0.25, 0.3) is 0 Å². The van der Waals surface area contributed by atoms with Crippen LogP contribution < -0.4 is 5.32 Å². The van der Waals surface area contributed by atoms with Gasteiger partial charge in [0.1, 0.15) is 23.3 Å². The molecule has 7 heteroatoms. The number of carbonyl (C=O) groups excluding carboxylic acids is 1. The Labute approximate surface area is 225 Å². The second-order valence-corrected chi connectivity index (χ2v) is 9.86. The average Bonchev–Trinajstić information content (AvgIpc) is 3.71. The summed E-state index contributed by atoms with van der Waals surface area (Å²) < 4.78 is 7.48. The average molecular weight is 518 g/mol. The number of hydrogen-bond acceptors (Lipinski definition) is 4. The van der Waals surface area contributed by atoms with Crippen molar-refractivity contribution in [3.8, 4) is 22.4 Å². The number of amides is 1. The fourth-order valence-corrected chi connectivity index (χ4v) is 4.95. The number of rotatable bonds is 7. The van der Waals surface area contributed by atoms with Crippen LogP contribution in [0.1, 0.15) is 37.0 Å². The number of carboxylic acids is 1. The van der Waals surface area contributed by atoms with Gasteiger partial charge in [-0.3, -0.25) is 14.5 Å². The quantitative estimate of drug-likeness (QED) is 0.240. The fourth-order valence-electron chi connectivity index (χ4n) is 4.95. The number of carbonyl (C=O) groups is 2. The second kappa shape index (κ2) is 9.76. The number of nitrogens with one attached hydrogen (secondary N) is 1. The zero-order valence-electron chi connectivity index (χ0n) is 21.4. The number of aliphatic carboxylic acids is 1. The molecule has 1 atom stereocenters. The molecule has 0 radical (unpaired) electrons. The Kier molecular flexibility index (Phi) is 6.11. The van der Waals surface area contributed by atoms with Gasteiger partial charge in [0.05, 0.1) is 5.41 Å². The van der Waals surface area contributed by atoms with E-state index in [1.807, 2.05) is 115 Å². The van der Waals surface area contributed by atoms with Crippen LogP contribution in [0, 0.1) is 0 Å². The summed E-state index contributed by atoms with van der Waals surface area (Å²) in [6.07, 6.45) is 2.24. The standard InChI is InChI=1S/C32H27N3O4/c1-21(22-7-3-2-4-8-22)39-31(38)34-29-28(33-27-9-5-6-20-35(27)29)25-12-10-23(11-13-25)24-14-16-26(17-15-24)32(18-19-32)30(36)37/h2-17,20-21H,18-19H2,1H3,(H,34,38)(H,36,37)/t21-/m1/s1. The van der Waals surface area contributed by atoms with E-state index in [9.17, 15) is 14.7 Å². The Morgan fingerprint density at radius 2 is 1.49 bits per heavy atom. The SMILES string of the molecule is C[C@@H](OC(=O)Nc1c(-c2ccc(-c3ccc(C4(C(=O)O)CC4)cc3)cc2)nc2ccccn12)c1ccccc1. The summed E-state index contributed by atoms with van der Waals surface area (Å²) in [6, 6.07) is 30.9. The van der Waals surface area contributed by atoms with Crippen LogP contribution in [0.3, 0.4) is 0 Å². The number of imidazole rings is 1. The van der Waals surface area contributed by atoms with Crippen LogP contribution in [0.25, 0.3) is 28.0 Å². The molecule has 1 fully saturated rings. The number of pyridine rings is 1.